The standard InChI is InChI=1S/C9H22N2O3S/c1-6-7-10-15(13,14)11-8(2,3)9(4,5)12/h10-12H,6-7H2,1-5H3. The third-order valence-electron chi connectivity index (χ3n) is 2.46. The summed E-state index contributed by atoms with van der Waals surface area (Å²) < 4.78 is 27.8. The minimum Gasteiger partial charge on any atom is -0.389 e. The molecule has 0 atom stereocenters. The zero-order chi connectivity index (χ0) is 12.3. The molecule has 0 bridgehead atoms. The zero-order valence-electron chi connectivity index (χ0n) is 10.1. The molecule has 0 aromatic rings. The van der Waals surface area contributed by atoms with Gasteiger partial charge >= 0.3 is 0 Å². The summed E-state index contributed by atoms with van der Waals surface area (Å²) in [6.45, 7) is 8.67. The summed E-state index contributed by atoms with van der Waals surface area (Å²) in [5.74, 6) is 0. The van der Waals surface area contributed by atoms with Crippen molar-refractivity contribution in [3.63, 3.8) is 0 Å². The summed E-state index contributed by atoms with van der Waals surface area (Å²) in [6.07, 6.45) is 0.726. The highest BCUT2D eigenvalue weighted by Crippen LogP contribution is 2.20. The van der Waals surface area contributed by atoms with Crippen LogP contribution in [0.4, 0.5) is 0 Å². The lowest BCUT2D eigenvalue weighted by Crippen LogP contribution is -2.59. The molecular formula is C9H22N2O3S. The monoisotopic (exact) mass is 238 g/mol. The Kier molecular flexibility index (Phi) is 4.72. The Hall–Kier alpha value is -0.170. The Balaban J connectivity index is 4.59. The van der Waals surface area contributed by atoms with Crippen LogP contribution < -0.4 is 9.44 Å². The highest BCUT2D eigenvalue weighted by Gasteiger charge is 2.38. The lowest BCUT2D eigenvalue weighted by molar-refractivity contribution is 0.00623. The smallest absolute Gasteiger partial charge is 0.277 e. The third-order valence-corrected chi connectivity index (χ3v) is 3.82. The van der Waals surface area contributed by atoms with E-state index in [2.05, 4.69) is 9.44 Å². The van der Waals surface area contributed by atoms with E-state index in [4.69, 9.17) is 0 Å². The molecule has 15 heavy (non-hydrogen) atoms. The van der Waals surface area contributed by atoms with Crippen molar-refractivity contribution in [2.75, 3.05) is 6.54 Å². The van der Waals surface area contributed by atoms with Crippen LogP contribution in [-0.2, 0) is 10.2 Å². The van der Waals surface area contributed by atoms with E-state index in [1.807, 2.05) is 6.92 Å². The number of hydrogen-bond donors (Lipinski definition) is 3. The summed E-state index contributed by atoms with van der Waals surface area (Å²) in [5.41, 5.74) is -2.06. The van der Waals surface area contributed by atoms with Crippen LogP contribution >= 0.6 is 0 Å². The van der Waals surface area contributed by atoms with Gasteiger partial charge in [-0.2, -0.15) is 13.1 Å². The molecule has 0 radical (unpaired) electrons. The molecule has 0 fully saturated rings. The highest BCUT2D eigenvalue weighted by atomic mass is 32.2. The number of rotatable bonds is 6. The first-order valence-corrected chi connectivity index (χ1v) is 6.51. The van der Waals surface area contributed by atoms with Gasteiger partial charge < -0.3 is 5.11 Å². The predicted octanol–water partition coefficient (Wildman–Crippen LogP) is 0.370. The fraction of sp³-hybridized carbons (Fsp3) is 1.00. The van der Waals surface area contributed by atoms with Crippen LogP contribution in [0.5, 0.6) is 0 Å². The van der Waals surface area contributed by atoms with Gasteiger partial charge in [-0.3, -0.25) is 0 Å². The molecule has 0 heterocycles. The molecule has 0 aliphatic heterocycles. The molecule has 0 amide bonds. The van der Waals surface area contributed by atoms with E-state index in [0.29, 0.717) is 6.54 Å². The van der Waals surface area contributed by atoms with Gasteiger partial charge in [-0.15, -0.1) is 0 Å². The first kappa shape index (κ1) is 14.8. The molecule has 0 saturated carbocycles. The van der Waals surface area contributed by atoms with Crippen LogP contribution in [-0.4, -0.2) is 31.2 Å². The SMILES string of the molecule is CCCNS(=O)(=O)NC(C)(C)C(C)(C)O. The molecule has 3 N–H and O–H groups in total. The van der Waals surface area contributed by atoms with Crippen molar-refractivity contribution < 1.29 is 13.5 Å². The van der Waals surface area contributed by atoms with Crippen molar-refractivity contribution in [2.24, 2.45) is 0 Å². The molecule has 0 aromatic heterocycles. The summed E-state index contributed by atoms with van der Waals surface area (Å²) in [5, 5.41) is 9.78. The first-order chi connectivity index (χ1) is 6.52. The van der Waals surface area contributed by atoms with Gasteiger partial charge in [-0.05, 0) is 34.1 Å². The summed E-state index contributed by atoms with van der Waals surface area (Å²) in [4.78, 5) is 0. The fourth-order valence-electron chi connectivity index (χ4n) is 0.733. The highest BCUT2D eigenvalue weighted by molar-refractivity contribution is 7.87. The molecule has 5 nitrogen and oxygen atoms in total. The summed E-state index contributed by atoms with van der Waals surface area (Å²) >= 11 is 0. The van der Waals surface area contributed by atoms with E-state index in [0.717, 1.165) is 6.42 Å². The quantitative estimate of drug-likeness (QED) is 0.625. The van der Waals surface area contributed by atoms with Gasteiger partial charge in [-0.25, -0.2) is 4.72 Å². The molecule has 0 aliphatic carbocycles. The average molecular weight is 238 g/mol. The molecule has 0 aliphatic rings. The average Bonchev–Trinajstić information content (AvgIpc) is 1.96. The van der Waals surface area contributed by atoms with Gasteiger partial charge in [-0.1, -0.05) is 6.92 Å². The van der Waals surface area contributed by atoms with Crippen molar-refractivity contribution in [2.45, 2.75) is 52.2 Å². The lowest BCUT2D eigenvalue weighted by atomic mass is 9.87. The second-order valence-electron chi connectivity index (χ2n) is 4.68. The molecule has 0 spiro atoms. The Morgan fingerprint density at radius 3 is 2.00 bits per heavy atom. The predicted molar refractivity (Wildman–Crippen MR) is 60.7 cm³/mol. The van der Waals surface area contributed by atoms with E-state index in [9.17, 15) is 13.5 Å². The van der Waals surface area contributed by atoms with Gasteiger partial charge in [0.1, 0.15) is 0 Å². The van der Waals surface area contributed by atoms with Gasteiger partial charge in [0, 0.05) is 6.54 Å². The minimum absolute atomic E-state index is 0.386. The van der Waals surface area contributed by atoms with Crippen molar-refractivity contribution in [3.8, 4) is 0 Å². The molecule has 0 rings (SSSR count). The fourth-order valence-corrected chi connectivity index (χ4v) is 2.20. The van der Waals surface area contributed by atoms with Crippen LogP contribution in [0.15, 0.2) is 0 Å². The second kappa shape index (κ2) is 4.78. The van der Waals surface area contributed by atoms with Crippen LogP contribution in [0.25, 0.3) is 0 Å². The van der Waals surface area contributed by atoms with Crippen molar-refractivity contribution in [1.29, 1.82) is 0 Å². The van der Waals surface area contributed by atoms with Crippen LogP contribution in [0.2, 0.25) is 0 Å². The Bertz CT molecular complexity index is 291. The largest absolute Gasteiger partial charge is 0.389 e. The minimum atomic E-state index is -3.54. The van der Waals surface area contributed by atoms with Gasteiger partial charge in [0.2, 0.25) is 0 Å². The summed E-state index contributed by atoms with van der Waals surface area (Å²) in [6, 6.07) is 0. The molecule has 6 heteroatoms. The molecule has 0 aromatic carbocycles. The lowest BCUT2D eigenvalue weighted by Gasteiger charge is -2.37. The Morgan fingerprint density at radius 2 is 1.67 bits per heavy atom. The van der Waals surface area contributed by atoms with E-state index in [-0.39, 0.29) is 0 Å². The van der Waals surface area contributed by atoms with Gasteiger partial charge in [0.15, 0.2) is 0 Å². The van der Waals surface area contributed by atoms with E-state index >= 15 is 0 Å². The first-order valence-electron chi connectivity index (χ1n) is 5.03. The van der Waals surface area contributed by atoms with Crippen molar-refractivity contribution >= 4 is 10.2 Å². The number of nitrogens with one attached hydrogen (secondary N) is 2. The second-order valence-corrected chi connectivity index (χ2v) is 6.18. The third kappa shape index (κ3) is 4.92. The molecule has 0 unspecified atom stereocenters. The molecular weight excluding hydrogens is 216 g/mol. The Morgan fingerprint density at radius 1 is 1.20 bits per heavy atom. The Labute approximate surface area is 92.4 Å². The zero-order valence-corrected chi connectivity index (χ0v) is 10.9. The maximum atomic E-state index is 11.5. The van der Waals surface area contributed by atoms with Crippen LogP contribution in [0.3, 0.4) is 0 Å². The maximum Gasteiger partial charge on any atom is 0.277 e. The van der Waals surface area contributed by atoms with Gasteiger partial charge in [0.25, 0.3) is 10.2 Å². The number of aliphatic hydroxyl groups is 1. The summed E-state index contributed by atoms with van der Waals surface area (Å²) in [7, 11) is -3.54. The number of hydrogen-bond acceptors (Lipinski definition) is 3. The van der Waals surface area contributed by atoms with Crippen LogP contribution in [0.1, 0.15) is 41.0 Å². The maximum absolute atomic E-state index is 11.5. The van der Waals surface area contributed by atoms with Crippen LogP contribution in [0, 0.1) is 0 Å². The van der Waals surface area contributed by atoms with E-state index in [1.165, 1.54) is 0 Å². The van der Waals surface area contributed by atoms with Crippen molar-refractivity contribution in [1.82, 2.24) is 9.44 Å². The topological polar surface area (TPSA) is 78.4 Å². The van der Waals surface area contributed by atoms with Gasteiger partial charge in [0.05, 0.1) is 11.1 Å². The molecule has 0 saturated heterocycles. The molecule has 92 valence electrons. The van der Waals surface area contributed by atoms with Crippen molar-refractivity contribution in [3.05, 3.63) is 0 Å². The van der Waals surface area contributed by atoms with E-state index in [1.54, 1.807) is 27.7 Å². The van der Waals surface area contributed by atoms with E-state index < -0.39 is 21.3 Å². The normalized spacial score (nSPS) is 14.3.